The number of ketones is 1. The molecule has 0 rings (SSSR count). The highest BCUT2D eigenvalue weighted by Crippen LogP contribution is 2.11. The molecular weight excluding hydrogens is 210 g/mol. The van der Waals surface area contributed by atoms with Crippen LogP contribution in [-0.2, 0) is 4.79 Å². The number of carbonyl (C=O) groups is 1. The van der Waals surface area contributed by atoms with Crippen LogP contribution in [0.2, 0.25) is 0 Å². The molecule has 0 saturated carbocycles. The van der Waals surface area contributed by atoms with Gasteiger partial charge in [0.15, 0.2) is 5.78 Å². The van der Waals surface area contributed by atoms with Crippen LogP contribution in [0.3, 0.4) is 0 Å². The van der Waals surface area contributed by atoms with Crippen LogP contribution in [0.4, 0.5) is 0 Å². The van der Waals surface area contributed by atoms with Crippen molar-refractivity contribution >= 4 is 12.0 Å². The number of hydrogen-bond donors (Lipinski definition) is 1. The van der Waals surface area contributed by atoms with E-state index in [-0.39, 0.29) is 5.78 Å². The van der Waals surface area contributed by atoms with Crippen molar-refractivity contribution in [1.82, 2.24) is 0 Å². The van der Waals surface area contributed by atoms with Gasteiger partial charge in [0.05, 0.1) is 6.21 Å². The average Bonchev–Trinajstić information content (AvgIpc) is 2.35. The normalized spacial score (nSPS) is 10.4. The lowest BCUT2D eigenvalue weighted by Crippen LogP contribution is -1.96. The van der Waals surface area contributed by atoms with E-state index < -0.39 is 0 Å². The van der Waals surface area contributed by atoms with E-state index in [1.807, 2.05) is 0 Å². The van der Waals surface area contributed by atoms with Gasteiger partial charge in [0.25, 0.3) is 0 Å². The molecule has 0 fully saturated rings. The lowest BCUT2D eigenvalue weighted by Gasteiger charge is -2.01. The zero-order valence-electron chi connectivity index (χ0n) is 11.5. The summed E-state index contributed by atoms with van der Waals surface area (Å²) in [5.41, 5.74) is 0. The summed E-state index contributed by atoms with van der Waals surface area (Å²) in [5.74, 6) is -0.0269. The number of carbonyl (C=O) groups excluding carboxylic acids is 1. The summed E-state index contributed by atoms with van der Waals surface area (Å²) in [6.07, 6.45) is 15.8. The van der Waals surface area contributed by atoms with Crippen LogP contribution in [0.25, 0.3) is 0 Å². The van der Waals surface area contributed by atoms with Crippen molar-refractivity contribution < 1.29 is 4.79 Å². The summed E-state index contributed by atoms with van der Waals surface area (Å²) in [4.78, 5) is 10.8. The van der Waals surface area contributed by atoms with Gasteiger partial charge in [0.1, 0.15) is 0 Å². The molecule has 0 aromatic carbocycles. The molecule has 1 N–H and O–H groups in total. The molecule has 0 bridgehead atoms. The lowest BCUT2D eigenvalue weighted by atomic mass is 10.0. The van der Waals surface area contributed by atoms with Crippen LogP contribution in [0.15, 0.2) is 0 Å². The molecule has 2 nitrogen and oxygen atoms in total. The average molecular weight is 239 g/mol. The first-order chi connectivity index (χ1) is 8.31. The smallest absolute Gasteiger partial charge is 0.173 e. The van der Waals surface area contributed by atoms with Crippen LogP contribution in [0.5, 0.6) is 0 Å². The fourth-order valence-electron chi connectivity index (χ4n) is 2.04. The van der Waals surface area contributed by atoms with Crippen molar-refractivity contribution in [2.24, 2.45) is 0 Å². The zero-order valence-corrected chi connectivity index (χ0v) is 11.5. The van der Waals surface area contributed by atoms with Crippen LogP contribution >= 0.6 is 0 Å². The van der Waals surface area contributed by atoms with Gasteiger partial charge in [-0.05, 0) is 6.42 Å². The Balaban J connectivity index is 2.98. The van der Waals surface area contributed by atoms with Gasteiger partial charge in [-0.15, -0.1) is 0 Å². The molecule has 0 spiro atoms. The molecule has 0 radical (unpaired) electrons. The van der Waals surface area contributed by atoms with Gasteiger partial charge in [0, 0.05) is 6.42 Å². The van der Waals surface area contributed by atoms with E-state index in [4.69, 9.17) is 5.41 Å². The quantitative estimate of drug-likeness (QED) is 0.360. The van der Waals surface area contributed by atoms with Gasteiger partial charge in [-0.25, -0.2) is 0 Å². The van der Waals surface area contributed by atoms with Gasteiger partial charge in [0.2, 0.25) is 0 Å². The highest BCUT2D eigenvalue weighted by atomic mass is 16.1. The Bertz CT molecular complexity index is 189. The minimum Gasteiger partial charge on any atom is -0.305 e. The molecule has 0 amide bonds. The van der Waals surface area contributed by atoms with E-state index in [0.29, 0.717) is 6.42 Å². The molecule has 0 aromatic rings. The molecule has 0 atom stereocenters. The molecule has 17 heavy (non-hydrogen) atoms. The first-order valence-electron chi connectivity index (χ1n) is 7.34. The standard InChI is InChI=1S/C15H29NO/c1-2-3-4-5-6-7-8-9-10-11-12-13-15(17)14-16/h14,16H,2-13H2,1H3. The second-order valence-corrected chi connectivity index (χ2v) is 4.90. The first-order valence-corrected chi connectivity index (χ1v) is 7.34. The van der Waals surface area contributed by atoms with Gasteiger partial charge >= 0.3 is 0 Å². The molecule has 0 aliphatic heterocycles. The Kier molecular flexibility index (Phi) is 12.9. The fourth-order valence-corrected chi connectivity index (χ4v) is 2.04. The van der Waals surface area contributed by atoms with Crippen molar-refractivity contribution in [2.75, 3.05) is 0 Å². The van der Waals surface area contributed by atoms with E-state index in [1.165, 1.54) is 57.8 Å². The Morgan fingerprint density at radius 2 is 1.24 bits per heavy atom. The summed E-state index contributed by atoms with van der Waals surface area (Å²) in [5, 5.41) is 6.77. The lowest BCUT2D eigenvalue weighted by molar-refractivity contribution is -0.112. The maximum Gasteiger partial charge on any atom is 0.173 e. The Labute approximate surface area is 107 Å². The molecule has 0 aliphatic carbocycles. The molecule has 0 heterocycles. The molecule has 2 heteroatoms. The number of unbranched alkanes of at least 4 members (excludes halogenated alkanes) is 10. The maximum absolute atomic E-state index is 10.8. The molecule has 0 saturated heterocycles. The number of hydrogen-bond acceptors (Lipinski definition) is 2. The molecule has 100 valence electrons. The fraction of sp³-hybridized carbons (Fsp3) is 0.867. The van der Waals surface area contributed by atoms with Crippen LogP contribution in [0, 0.1) is 5.41 Å². The van der Waals surface area contributed by atoms with Crippen LogP contribution in [0.1, 0.15) is 84.0 Å². The van der Waals surface area contributed by atoms with Gasteiger partial charge in [-0.2, -0.15) is 0 Å². The van der Waals surface area contributed by atoms with Crippen molar-refractivity contribution in [3.05, 3.63) is 0 Å². The topological polar surface area (TPSA) is 40.9 Å². The number of nitrogens with one attached hydrogen (secondary N) is 1. The number of Topliss-reactive ketones (excluding diaryl/α,β-unsaturated/α-hetero) is 1. The third kappa shape index (κ3) is 13.3. The minimum absolute atomic E-state index is 0.0269. The molecule has 0 aromatic heterocycles. The van der Waals surface area contributed by atoms with E-state index in [9.17, 15) is 4.79 Å². The predicted molar refractivity (Wildman–Crippen MR) is 74.9 cm³/mol. The van der Waals surface area contributed by atoms with Gasteiger partial charge < -0.3 is 5.41 Å². The zero-order chi connectivity index (χ0) is 12.8. The third-order valence-corrected chi connectivity index (χ3v) is 3.19. The summed E-state index contributed by atoms with van der Waals surface area (Å²) < 4.78 is 0. The van der Waals surface area contributed by atoms with Crippen molar-refractivity contribution in [1.29, 1.82) is 5.41 Å². The minimum atomic E-state index is -0.0269. The summed E-state index contributed by atoms with van der Waals surface area (Å²) in [7, 11) is 0. The van der Waals surface area contributed by atoms with Crippen molar-refractivity contribution in [3.63, 3.8) is 0 Å². The SMILES string of the molecule is CCCCCCCCCCCCCC(=O)C=N. The van der Waals surface area contributed by atoms with Gasteiger partial charge in [-0.1, -0.05) is 71.1 Å². The largest absolute Gasteiger partial charge is 0.305 e. The summed E-state index contributed by atoms with van der Waals surface area (Å²) in [6, 6.07) is 0. The summed E-state index contributed by atoms with van der Waals surface area (Å²) >= 11 is 0. The Hall–Kier alpha value is -0.660. The predicted octanol–water partition coefficient (Wildman–Crippen LogP) is 4.91. The molecular formula is C15H29NO. The highest BCUT2D eigenvalue weighted by molar-refractivity contribution is 6.26. The van der Waals surface area contributed by atoms with Crippen molar-refractivity contribution in [3.8, 4) is 0 Å². The highest BCUT2D eigenvalue weighted by Gasteiger charge is 1.96. The van der Waals surface area contributed by atoms with Crippen LogP contribution in [-0.4, -0.2) is 12.0 Å². The van der Waals surface area contributed by atoms with E-state index in [0.717, 1.165) is 19.1 Å². The Morgan fingerprint density at radius 1 is 0.824 bits per heavy atom. The monoisotopic (exact) mass is 239 g/mol. The molecule has 0 unspecified atom stereocenters. The number of rotatable bonds is 13. The first kappa shape index (κ1) is 16.3. The summed E-state index contributed by atoms with van der Waals surface area (Å²) in [6.45, 7) is 2.25. The van der Waals surface area contributed by atoms with Crippen LogP contribution < -0.4 is 0 Å². The maximum atomic E-state index is 10.8. The molecule has 0 aliphatic rings. The Morgan fingerprint density at radius 3 is 1.65 bits per heavy atom. The van der Waals surface area contributed by atoms with E-state index >= 15 is 0 Å². The van der Waals surface area contributed by atoms with E-state index in [1.54, 1.807) is 0 Å². The van der Waals surface area contributed by atoms with Crippen molar-refractivity contribution in [2.45, 2.75) is 84.0 Å². The van der Waals surface area contributed by atoms with E-state index in [2.05, 4.69) is 6.92 Å². The second-order valence-electron chi connectivity index (χ2n) is 4.90. The second kappa shape index (κ2) is 13.4. The third-order valence-electron chi connectivity index (χ3n) is 3.19. The van der Waals surface area contributed by atoms with Gasteiger partial charge in [-0.3, -0.25) is 4.79 Å².